The van der Waals surface area contributed by atoms with E-state index in [4.69, 9.17) is 5.41 Å². The van der Waals surface area contributed by atoms with E-state index >= 15 is 0 Å². The van der Waals surface area contributed by atoms with E-state index in [1.165, 1.54) is 28.5 Å². The van der Waals surface area contributed by atoms with Crippen LogP contribution < -0.4 is 15.5 Å². The Balaban J connectivity index is 1.44. The quantitative estimate of drug-likeness (QED) is 0.356. The largest absolute Gasteiger partial charge is 0.361 e. The number of aromatic amines is 1. The third kappa shape index (κ3) is 4.76. The Labute approximate surface area is 192 Å². The maximum atomic E-state index is 13.1. The number of carbonyl (C=O) groups excluding carboxylic acids is 1. The van der Waals surface area contributed by atoms with Gasteiger partial charge in [0.15, 0.2) is 5.13 Å². The number of likely N-dealkylation sites (N-methyl/N-ethyl adjacent to an activating group) is 1. The summed E-state index contributed by atoms with van der Waals surface area (Å²) in [6.45, 7) is 3.57. The van der Waals surface area contributed by atoms with Crippen molar-refractivity contribution in [3.05, 3.63) is 58.4 Å². The van der Waals surface area contributed by atoms with Crippen LogP contribution in [0.5, 0.6) is 0 Å². The normalized spacial score (nSPS) is 14.9. The Morgan fingerprint density at radius 1 is 1.41 bits per heavy atom. The molecule has 0 radical (unpaired) electrons. The molecule has 1 unspecified atom stereocenters. The molecule has 1 aliphatic heterocycles. The van der Waals surface area contributed by atoms with E-state index < -0.39 is 0 Å². The maximum Gasteiger partial charge on any atom is 0.263 e. The molecule has 1 aliphatic rings. The van der Waals surface area contributed by atoms with E-state index in [-0.39, 0.29) is 11.9 Å². The fourth-order valence-corrected chi connectivity index (χ4v) is 5.05. The molecule has 0 aliphatic carbocycles. The minimum absolute atomic E-state index is 0.0589. The Kier molecular flexibility index (Phi) is 7.02. The summed E-state index contributed by atoms with van der Waals surface area (Å²) in [4.78, 5) is 23.7. The van der Waals surface area contributed by atoms with Crippen molar-refractivity contribution in [2.75, 3.05) is 25.0 Å². The van der Waals surface area contributed by atoms with Crippen molar-refractivity contribution in [1.82, 2.24) is 15.3 Å². The van der Waals surface area contributed by atoms with Gasteiger partial charge in [-0.1, -0.05) is 49.3 Å². The van der Waals surface area contributed by atoms with Gasteiger partial charge >= 0.3 is 0 Å². The van der Waals surface area contributed by atoms with Crippen molar-refractivity contribution in [2.24, 2.45) is 0 Å². The number of thiazole rings is 1. The number of para-hydroxylation sites is 1. The van der Waals surface area contributed by atoms with Gasteiger partial charge in [0.1, 0.15) is 10.6 Å². The van der Waals surface area contributed by atoms with Crippen LogP contribution in [0.25, 0.3) is 10.9 Å². The van der Waals surface area contributed by atoms with Crippen LogP contribution >= 0.6 is 11.3 Å². The fraction of sp³-hybridized carbons (Fsp3) is 0.375. The van der Waals surface area contributed by atoms with Crippen LogP contribution in [0.3, 0.4) is 0 Å². The van der Waals surface area contributed by atoms with Crippen LogP contribution in [-0.4, -0.2) is 48.3 Å². The van der Waals surface area contributed by atoms with Crippen molar-refractivity contribution >= 4 is 39.5 Å². The highest BCUT2D eigenvalue weighted by atomic mass is 32.1. The zero-order valence-electron chi connectivity index (χ0n) is 18.6. The number of nitrogens with two attached hydrogens (primary N) is 1. The molecular formula is C24H31N6OS+. The lowest BCUT2D eigenvalue weighted by atomic mass is 10.0. The summed E-state index contributed by atoms with van der Waals surface area (Å²) < 4.78 is 0. The number of quaternary nitrogens is 1. The number of amides is 1. The average molecular weight is 452 g/mol. The number of hydrogen-bond acceptors (Lipinski definition) is 5. The van der Waals surface area contributed by atoms with Crippen LogP contribution in [0, 0.1) is 5.41 Å². The van der Waals surface area contributed by atoms with Gasteiger partial charge in [0.05, 0.1) is 26.3 Å². The Morgan fingerprint density at radius 3 is 3.00 bits per heavy atom. The van der Waals surface area contributed by atoms with Gasteiger partial charge in [0, 0.05) is 34.9 Å². The third-order valence-electron chi connectivity index (χ3n) is 6.03. The van der Waals surface area contributed by atoms with Crippen molar-refractivity contribution in [3.8, 4) is 0 Å². The van der Waals surface area contributed by atoms with Crippen LogP contribution in [-0.2, 0) is 6.42 Å². The predicted octanol–water partition coefficient (Wildman–Crippen LogP) is 3.07. The molecule has 1 amide bonds. The molecule has 0 bridgehead atoms. The van der Waals surface area contributed by atoms with E-state index in [0.717, 1.165) is 54.1 Å². The molecular weight excluding hydrogens is 420 g/mol. The molecule has 7 nitrogen and oxygen atoms in total. The molecule has 32 heavy (non-hydrogen) atoms. The molecule has 1 aromatic carbocycles. The monoisotopic (exact) mass is 451 g/mol. The first-order chi connectivity index (χ1) is 15.6. The maximum absolute atomic E-state index is 13.1. The summed E-state index contributed by atoms with van der Waals surface area (Å²) in [5.41, 5.74) is 4.52. The van der Waals surface area contributed by atoms with Gasteiger partial charge in [0.25, 0.3) is 5.91 Å². The molecule has 168 valence electrons. The average Bonchev–Trinajstić information content (AvgIpc) is 3.55. The summed E-state index contributed by atoms with van der Waals surface area (Å²) in [6, 6.07) is 8.37. The first kappa shape index (κ1) is 22.2. The summed E-state index contributed by atoms with van der Waals surface area (Å²) in [5, 5.41) is 15.0. The highest BCUT2D eigenvalue weighted by molar-refractivity contribution is 7.17. The van der Waals surface area contributed by atoms with Gasteiger partial charge in [-0.15, -0.1) is 0 Å². The fourth-order valence-electron chi connectivity index (χ4n) is 4.23. The molecule has 4 rings (SSSR count). The van der Waals surface area contributed by atoms with Gasteiger partial charge in [0.2, 0.25) is 0 Å². The van der Waals surface area contributed by atoms with E-state index in [0.29, 0.717) is 11.4 Å². The van der Waals surface area contributed by atoms with E-state index in [2.05, 4.69) is 51.5 Å². The number of anilines is 1. The molecule has 3 heterocycles. The predicted molar refractivity (Wildman–Crippen MR) is 131 cm³/mol. The standard InChI is InChI=1S/C24H30N6OS/c1-3-4-7-18(10-16-12-27-20-9-6-5-8-19(16)20)29-23(31)22-13-28-24(32-22)30-14-17(11-25)21(15-30)26-2/h5-6,8-9,11-13,18,25-27H,3-4,7,10,14-15H2,1-2H3,(H,29,31)/p+1. The molecule has 5 N–H and O–H groups in total. The van der Waals surface area contributed by atoms with Crippen LogP contribution in [0.2, 0.25) is 0 Å². The molecule has 0 fully saturated rings. The first-order valence-electron chi connectivity index (χ1n) is 11.2. The molecule has 3 aromatic rings. The molecule has 0 saturated heterocycles. The summed E-state index contributed by atoms with van der Waals surface area (Å²) in [6.07, 6.45) is 9.07. The van der Waals surface area contributed by atoms with E-state index in [1.807, 2.05) is 18.4 Å². The van der Waals surface area contributed by atoms with E-state index in [1.54, 1.807) is 6.20 Å². The van der Waals surface area contributed by atoms with Crippen LogP contribution in [0.4, 0.5) is 5.13 Å². The third-order valence-corrected chi connectivity index (χ3v) is 7.08. The van der Waals surface area contributed by atoms with Gasteiger partial charge in [-0.3, -0.25) is 4.79 Å². The Hall–Kier alpha value is -2.97. The second-order valence-electron chi connectivity index (χ2n) is 8.22. The number of aromatic nitrogens is 2. The summed E-state index contributed by atoms with van der Waals surface area (Å²) in [7, 11) is 1.99. The number of nitrogens with zero attached hydrogens (tertiary/aromatic N) is 2. The number of carbonyl (C=O) groups is 1. The minimum Gasteiger partial charge on any atom is -0.361 e. The zero-order chi connectivity index (χ0) is 22.5. The number of benzene rings is 1. The number of unbranched alkanes of at least 4 members (excludes halogenated alkanes) is 1. The lowest BCUT2D eigenvalue weighted by molar-refractivity contribution is -0.576. The van der Waals surface area contributed by atoms with E-state index in [9.17, 15) is 4.79 Å². The molecule has 0 saturated carbocycles. The van der Waals surface area contributed by atoms with Gasteiger partial charge < -0.3 is 25.9 Å². The SMILES string of the molecule is CCCCC(Cc1c[nH]c2ccccc12)NC(=O)c1cnc(N2CC(C=N)=C([NH2+]C)C2)s1. The highest BCUT2D eigenvalue weighted by Gasteiger charge is 2.26. The number of hydrogen-bond donors (Lipinski definition) is 4. The second kappa shape index (κ2) is 10.1. The summed E-state index contributed by atoms with van der Waals surface area (Å²) in [5.74, 6) is -0.0589. The Bertz CT molecular complexity index is 1130. The Morgan fingerprint density at radius 2 is 2.25 bits per heavy atom. The van der Waals surface area contributed by atoms with Crippen molar-refractivity contribution < 1.29 is 10.1 Å². The lowest BCUT2D eigenvalue weighted by Crippen LogP contribution is -2.78. The number of H-pyrrole nitrogens is 1. The van der Waals surface area contributed by atoms with Crippen molar-refractivity contribution in [2.45, 2.75) is 38.6 Å². The van der Waals surface area contributed by atoms with Crippen LogP contribution in [0.15, 0.2) is 47.9 Å². The van der Waals surface area contributed by atoms with Gasteiger partial charge in [-0.25, -0.2) is 4.98 Å². The van der Waals surface area contributed by atoms with Crippen molar-refractivity contribution in [1.29, 1.82) is 5.41 Å². The highest BCUT2D eigenvalue weighted by Crippen LogP contribution is 2.27. The molecule has 1 atom stereocenters. The first-order valence-corrected chi connectivity index (χ1v) is 12.0. The van der Waals surface area contributed by atoms with Crippen molar-refractivity contribution in [3.63, 3.8) is 0 Å². The second-order valence-corrected chi connectivity index (χ2v) is 9.23. The van der Waals surface area contributed by atoms with Crippen LogP contribution in [0.1, 0.15) is 41.4 Å². The summed E-state index contributed by atoms with van der Waals surface area (Å²) >= 11 is 1.42. The molecule has 0 spiro atoms. The van der Waals surface area contributed by atoms with Gasteiger partial charge in [-0.05, 0) is 24.5 Å². The topological polar surface area (TPSA) is 101 Å². The lowest BCUT2D eigenvalue weighted by Gasteiger charge is -2.18. The number of fused-ring (bicyclic) bond motifs is 1. The molecule has 8 heteroatoms. The number of rotatable bonds is 10. The molecule has 2 aromatic heterocycles. The zero-order valence-corrected chi connectivity index (χ0v) is 19.5. The smallest absolute Gasteiger partial charge is 0.263 e. The van der Waals surface area contributed by atoms with Gasteiger partial charge in [-0.2, -0.15) is 0 Å². The number of nitrogens with one attached hydrogen (secondary N) is 3. The minimum atomic E-state index is -0.0589.